The molecule has 2 aromatic rings. The molecule has 0 aromatic heterocycles. The molecule has 0 radical (unpaired) electrons. The average molecular weight is 334 g/mol. The van der Waals surface area contributed by atoms with Crippen LogP contribution in [0.5, 0.6) is 0 Å². The number of benzene rings is 2. The smallest absolute Gasteiger partial charge is 0.318 e. The van der Waals surface area contributed by atoms with Crippen LogP contribution < -0.4 is 10.7 Å². The first-order chi connectivity index (χ1) is 12.0. The van der Waals surface area contributed by atoms with Crippen LogP contribution in [-0.4, -0.2) is 22.9 Å². The fourth-order valence-corrected chi connectivity index (χ4v) is 2.57. The third-order valence-electron chi connectivity index (χ3n) is 4.03. The van der Waals surface area contributed by atoms with Crippen molar-refractivity contribution in [1.29, 1.82) is 5.26 Å². The predicted octanol–water partition coefficient (Wildman–Crippen LogP) is 1.67. The summed E-state index contributed by atoms with van der Waals surface area (Å²) in [4.78, 5) is 37.1. The van der Waals surface area contributed by atoms with Crippen LogP contribution in [0.4, 0.5) is 4.79 Å². The van der Waals surface area contributed by atoms with Gasteiger partial charge < -0.3 is 5.32 Å². The van der Waals surface area contributed by atoms with Crippen molar-refractivity contribution < 1.29 is 14.4 Å². The lowest BCUT2D eigenvalue weighted by Crippen LogP contribution is -2.47. The van der Waals surface area contributed by atoms with E-state index in [1.165, 1.54) is 24.3 Å². The normalized spacial score (nSPS) is 19.3. The number of nitriles is 1. The molecule has 4 amide bonds. The van der Waals surface area contributed by atoms with Crippen molar-refractivity contribution in [1.82, 2.24) is 15.8 Å². The number of nitrogens with zero attached hydrogens (tertiary/aromatic N) is 2. The van der Waals surface area contributed by atoms with Gasteiger partial charge in [-0.1, -0.05) is 30.3 Å². The van der Waals surface area contributed by atoms with Gasteiger partial charge in [-0.2, -0.15) is 10.3 Å². The Morgan fingerprint density at radius 3 is 2.36 bits per heavy atom. The Balaban J connectivity index is 1.81. The van der Waals surface area contributed by atoms with Gasteiger partial charge in [-0.15, -0.1) is 0 Å². The summed E-state index contributed by atoms with van der Waals surface area (Å²) in [5.74, 6) is -1.20. The van der Waals surface area contributed by atoms with E-state index in [0.717, 1.165) is 0 Å². The minimum atomic E-state index is -1.25. The molecule has 2 N–H and O–H groups in total. The summed E-state index contributed by atoms with van der Waals surface area (Å²) in [6, 6.07) is 15.9. The molecule has 1 unspecified atom stereocenters. The zero-order chi connectivity index (χ0) is 18.0. The fraction of sp³-hybridized carbons (Fsp3) is 0.111. The first kappa shape index (κ1) is 16.2. The Labute approximate surface area is 143 Å². The van der Waals surface area contributed by atoms with Crippen molar-refractivity contribution in [2.24, 2.45) is 0 Å². The van der Waals surface area contributed by atoms with Crippen LogP contribution in [0, 0.1) is 11.3 Å². The largest absolute Gasteiger partial charge is 0.344 e. The first-order valence-corrected chi connectivity index (χ1v) is 7.49. The summed E-state index contributed by atoms with van der Waals surface area (Å²) in [6.07, 6.45) is 0. The molecule has 0 saturated carbocycles. The molecule has 0 bridgehead atoms. The zero-order valence-corrected chi connectivity index (χ0v) is 13.3. The summed E-state index contributed by atoms with van der Waals surface area (Å²) < 4.78 is 0. The predicted molar refractivity (Wildman–Crippen MR) is 87.8 cm³/mol. The van der Waals surface area contributed by atoms with Crippen LogP contribution >= 0.6 is 0 Å². The van der Waals surface area contributed by atoms with E-state index in [2.05, 4.69) is 10.7 Å². The Hall–Kier alpha value is -3.66. The maximum absolute atomic E-state index is 12.7. The fourth-order valence-electron chi connectivity index (χ4n) is 2.57. The van der Waals surface area contributed by atoms with Gasteiger partial charge in [-0.25, -0.2) is 4.79 Å². The minimum Gasteiger partial charge on any atom is -0.318 e. The summed E-state index contributed by atoms with van der Waals surface area (Å²) >= 11 is 0. The van der Waals surface area contributed by atoms with Gasteiger partial charge in [0.15, 0.2) is 0 Å². The maximum Gasteiger partial charge on any atom is 0.344 e. The van der Waals surface area contributed by atoms with Crippen LogP contribution in [0.3, 0.4) is 0 Å². The number of hydrogen-bond donors (Lipinski definition) is 2. The van der Waals surface area contributed by atoms with E-state index >= 15 is 0 Å². The SMILES string of the molecule is CC1(c2ccccc2)NC(=O)N(NC(=O)c2ccc(C#N)cc2)C1=O. The van der Waals surface area contributed by atoms with Crippen molar-refractivity contribution >= 4 is 17.8 Å². The number of carbonyl (C=O) groups is 3. The summed E-state index contributed by atoms with van der Waals surface area (Å²) in [5, 5.41) is 12.1. The molecule has 1 aliphatic rings. The third-order valence-corrected chi connectivity index (χ3v) is 4.03. The van der Waals surface area contributed by atoms with Gasteiger partial charge in [0.2, 0.25) is 0 Å². The molecule has 1 saturated heterocycles. The van der Waals surface area contributed by atoms with Gasteiger partial charge in [0.25, 0.3) is 11.8 Å². The van der Waals surface area contributed by atoms with E-state index < -0.39 is 23.4 Å². The van der Waals surface area contributed by atoms with Gasteiger partial charge in [-0.3, -0.25) is 15.0 Å². The van der Waals surface area contributed by atoms with E-state index in [9.17, 15) is 14.4 Å². The molecule has 3 rings (SSSR count). The Morgan fingerprint density at radius 2 is 1.76 bits per heavy atom. The molecule has 7 nitrogen and oxygen atoms in total. The molecule has 1 fully saturated rings. The van der Waals surface area contributed by atoms with E-state index in [1.807, 2.05) is 6.07 Å². The van der Waals surface area contributed by atoms with Crippen molar-refractivity contribution in [3.8, 4) is 6.07 Å². The highest BCUT2D eigenvalue weighted by molar-refractivity contribution is 6.09. The molecule has 0 aliphatic carbocycles. The Bertz CT molecular complexity index is 887. The quantitative estimate of drug-likeness (QED) is 0.833. The molecular weight excluding hydrogens is 320 g/mol. The lowest BCUT2D eigenvalue weighted by Gasteiger charge is -2.22. The second-order valence-electron chi connectivity index (χ2n) is 5.69. The second-order valence-corrected chi connectivity index (χ2v) is 5.69. The van der Waals surface area contributed by atoms with E-state index in [-0.39, 0.29) is 5.56 Å². The molecule has 2 aromatic carbocycles. The summed E-state index contributed by atoms with van der Waals surface area (Å²) in [7, 11) is 0. The van der Waals surface area contributed by atoms with E-state index in [4.69, 9.17) is 5.26 Å². The highest BCUT2D eigenvalue weighted by Crippen LogP contribution is 2.27. The molecule has 7 heteroatoms. The minimum absolute atomic E-state index is 0.230. The lowest BCUT2D eigenvalue weighted by molar-refractivity contribution is -0.132. The van der Waals surface area contributed by atoms with Crippen LogP contribution in [0.1, 0.15) is 28.4 Å². The molecule has 1 atom stereocenters. The van der Waals surface area contributed by atoms with Crippen molar-refractivity contribution in [2.75, 3.05) is 0 Å². The molecule has 0 spiro atoms. The van der Waals surface area contributed by atoms with Gasteiger partial charge in [0.05, 0.1) is 11.6 Å². The average Bonchev–Trinajstić information content (AvgIpc) is 2.86. The second kappa shape index (κ2) is 6.09. The van der Waals surface area contributed by atoms with Crippen LogP contribution in [0.25, 0.3) is 0 Å². The summed E-state index contributed by atoms with van der Waals surface area (Å²) in [6.45, 7) is 1.58. The zero-order valence-electron chi connectivity index (χ0n) is 13.3. The van der Waals surface area contributed by atoms with Gasteiger partial charge >= 0.3 is 6.03 Å². The van der Waals surface area contributed by atoms with Gasteiger partial charge in [-0.05, 0) is 36.8 Å². The maximum atomic E-state index is 12.7. The van der Waals surface area contributed by atoms with Crippen LogP contribution in [0.2, 0.25) is 0 Å². The monoisotopic (exact) mass is 334 g/mol. The highest BCUT2D eigenvalue weighted by atomic mass is 16.2. The molecular formula is C18H14N4O3. The highest BCUT2D eigenvalue weighted by Gasteiger charge is 2.50. The first-order valence-electron chi connectivity index (χ1n) is 7.49. The molecule has 25 heavy (non-hydrogen) atoms. The number of urea groups is 1. The number of nitrogens with one attached hydrogen (secondary N) is 2. The number of imide groups is 1. The van der Waals surface area contributed by atoms with Crippen LogP contribution in [0.15, 0.2) is 54.6 Å². The molecule has 124 valence electrons. The van der Waals surface area contributed by atoms with Gasteiger partial charge in [0, 0.05) is 5.56 Å². The van der Waals surface area contributed by atoms with Crippen molar-refractivity contribution in [3.05, 3.63) is 71.3 Å². The van der Waals surface area contributed by atoms with Crippen molar-refractivity contribution in [2.45, 2.75) is 12.5 Å². The standard InChI is InChI=1S/C18H14N4O3/c1-18(14-5-3-2-4-6-14)16(24)22(17(25)20-18)21-15(23)13-9-7-12(11-19)8-10-13/h2-10H,1H3,(H,20,25)(H,21,23). The van der Waals surface area contributed by atoms with Crippen LogP contribution in [-0.2, 0) is 10.3 Å². The topological polar surface area (TPSA) is 102 Å². The molecule has 1 heterocycles. The van der Waals surface area contributed by atoms with E-state index in [1.54, 1.807) is 37.3 Å². The Morgan fingerprint density at radius 1 is 1.12 bits per heavy atom. The molecule has 1 aliphatic heterocycles. The number of carbonyl (C=O) groups excluding carboxylic acids is 3. The van der Waals surface area contributed by atoms with Gasteiger partial charge in [0.1, 0.15) is 5.54 Å². The summed E-state index contributed by atoms with van der Waals surface area (Å²) in [5.41, 5.74) is 2.30. The number of hydrazine groups is 1. The number of rotatable bonds is 3. The number of hydrogen-bond acceptors (Lipinski definition) is 4. The van der Waals surface area contributed by atoms with Crippen molar-refractivity contribution in [3.63, 3.8) is 0 Å². The third kappa shape index (κ3) is 2.81. The van der Waals surface area contributed by atoms with E-state index in [0.29, 0.717) is 16.1 Å². The lowest BCUT2D eigenvalue weighted by atomic mass is 9.92. The number of amides is 4. The Kier molecular flexibility index (Phi) is 3.95.